The molecular formula is C24H18N4O. The molecule has 1 N–H and O–H groups in total. The molecular weight excluding hydrogens is 360 g/mol. The molecule has 3 aromatic carbocycles. The van der Waals surface area contributed by atoms with Gasteiger partial charge < -0.3 is 4.42 Å². The maximum absolute atomic E-state index is 6.05. The number of fused-ring (bicyclic) bond motifs is 1. The van der Waals surface area contributed by atoms with Crippen LogP contribution in [0.3, 0.4) is 0 Å². The molecule has 0 unspecified atom stereocenters. The lowest BCUT2D eigenvalue weighted by molar-refractivity contribution is 0.627. The molecule has 5 rings (SSSR count). The lowest BCUT2D eigenvalue weighted by atomic mass is 10.2. The second-order valence-electron chi connectivity index (χ2n) is 6.60. The van der Waals surface area contributed by atoms with Crippen LogP contribution in [0.5, 0.6) is 0 Å². The van der Waals surface area contributed by atoms with Crippen molar-refractivity contribution in [1.29, 1.82) is 0 Å². The van der Waals surface area contributed by atoms with Crippen molar-refractivity contribution >= 4 is 22.9 Å². The fraction of sp³-hybridized carbons (Fsp3) is 0. The van der Waals surface area contributed by atoms with Crippen LogP contribution in [0.15, 0.2) is 107 Å². The van der Waals surface area contributed by atoms with E-state index in [1.54, 1.807) is 6.21 Å². The Bertz CT molecular complexity index is 1240. The van der Waals surface area contributed by atoms with Gasteiger partial charge in [0.05, 0.1) is 17.6 Å². The van der Waals surface area contributed by atoms with Crippen molar-refractivity contribution < 1.29 is 4.42 Å². The third-order valence-electron chi connectivity index (χ3n) is 4.59. The first-order valence-electron chi connectivity index (χ1n) is 9.35. The molecule has 2 heterocycles. The SMILES string of the molecule is C(=NNc1ccccc1)c1cn(-c2ccccc2)nc1-c1cc2ccccc2o1. The Hall–Kier alpha value is -4.12. The highest BCUT2D eigenvalue weighted by molar-refractivity contribution is 5.91. The number of furan rings is 1. The van der Waals surface area contributed by atoms with Crippen LogP contribution in [0.2, 0.25) is 0 Å². The van der Waals surface area contributed by atoms with Crippen molar-refractivity contribution in [2.24, 2.45) is 5.10 Å². The molecule has 0 aliphatic heterocycles. The highest BCUT2D eigenvalue weighted by Gasteiger charge is 2.15. The molecule has 0 bridgehead atoms. The Labute approximate surface area is 167 Å². The number of benzene rings is 3. The zero-order chi connectivity index (χ0) is 19.5. The highest BCUT2D eigenvalue weighted by Crippen LogP contribution is 2.29. The van der Waals surface area contributed by atoms with E-state index in [9.17, 15) is 0 Å². The van der Waals surface area contributed by atoms with E-state index in [2.05, 4.69) is 10.5 Å². The molecule has 0 aliphatic rings. The first-order chi connectivity index (χ1) is 14.4. The first kappa shape index (κ1) is 17.0. The van der Waals surface area contributed by atoms with Crippen molar-refractivity contribution in [2.75, 3.05) is 5.43 Å². The van der Waals surface area contributed by atoms with Gasteiger partial charge in [-0.2, -0.15) is 10.2 Å². The lowest BCUT2D eigenvalue weighted by Gasteiger charge is -1.98. The van der Waals surface area contributed by atoms with Gasteiger partial charge in [0.1, 0.15) is 11.3 Å². The molecule has 0 fully saturated rings. The monoisotopic (exact) mass is 378 g/mol. The van der Waals surface area contributed by atoms with E-state index in [1.807, 2.05) is 102 Å². The van der Waals surface area contributed by atoms with Crippen LogP contribution in [0.1, 0.15) is 5.56 Å². The minimum atomic E-state index is 0.710. The quantitative estimate of drug-likeness (QED) is 0.314. The smallest absolute Gasteiger partial charge is 0.156 e. The summed E-state index contributed by atoms with van der Waals surface area (Å²) < 4.78 is 7.89. The molecule has 0 radical (unpaired) electrons. The molecule has 5 heteroatoms. The molecule has 0 saturated carbocycles. The van der Waals surface area contributed by atoms with Crippen molar-refractivity contribution in [2.45, 2.75) is 0 Å². The normalized spacial score (nSPS) is 11.3. The maximum Gasteiger partial charge on any atom is 0.156 e. The van der Waals surface area contributed by atoms with Crippen LogP contribution >= 0.6 is 0 Å². The summed E-state index contributed by atoms with van der Waals surface area (Å²) in [7, 11) is 0. The van der Waals surface area contributed by atoms with E-state index >= 15 is 0 Å². The topological polar surface area (TPSA) is 55.4 Å². The summed E-state index contributed by atoms with van der Waals surface area (Å²) in [5, 5.41) is 10.2. The molecule has 29 heavy (non-hydrogen) atoms. The first-order valence-corrected chi connectivity index (χ1v) is 9.35. The van der Waals surface area contributed by atoms with Gasteiger partial charge in [-0.1, -0.05) is 54.6 Å². The minimum absolute atomic E-state index is 0.710. The average molecular weight is 378 g/mol. The van der Waals surface area contributed by atoms with Gasteiger partial charge in [0.25, 0.3) is 0 Å². The van der Waals surface area contributed by atoms with Crippen LogP contribution in [-0.4, -0.2) is 16.0 Å². The summed E-state index contributed by atoms with van der Waals surface area (Å²) in [4.78, 5) is 0. The largest absolute Gasteiger partial charge is 0.454 e. The van der Waals surface area contributed by atoms with E-state index in [0.29, 0.717) is 5.76 Å². The standard InChI is InChI=1S/C24H18N4O/c1-3-10-20(11-4-1)26-25-16-19-17-28(21-12-5-2-6-13-21)27-24(19)23-15-18-9-7-8-14-22(18)29-23/h1-17,26H. The van der Waals surface area contributed by atoms with Gasteiger partial charge in [0, 0.05) is 17.1 Å². The Balaban J connectivity index is 1.55. The molecule has 0 spiro atoms. The zero-order valence-corrected chi connectivity index (χ0v) is 15.6. The number of aromatic nitrogens is 2. The molecule has 5 aromatic rings. The molecule has 2 aromatic heterocycles. The molecule has 140 valence electrons. The second-order valence-corrected chi connectivity index (χ2v) is 6.60. The maximum atomic E-state index is 6.05. The Morgan fingerprint density at radius 1 is 0.862 bits per heavy atom. The van der Waals surface area contributed by atoms with Crippen LogP contribution in [0.4, 0.5) is 5.69 Å². The number of hydrogen-bond acceptors (Lipinski definition) is 4. The van der Waals surface area contributed by atoms with E-state index in [4.69, 9.17) is 9.52 Å². The number of nitrogens with zero attached hydrogens (tertiary/aromatic N) is 3. The lowest BCUT2D eigenvalue weighted by Crippen LogP contribution is -1.93. The third-order valence-corrected chi connectivity index (χ3v) is 4.59. The van der Waals surface area contributed by atoms with Gasteiger partial charge in [-0.05, 0) is 36.4 Å². The van der Waals surface area contributed by atoms with Gasteiger partial charge in [0.2, 0.25) is 0 Å². The minimum Gasteiger partial charge on any atom is -0.454 e. The van der Waals surface area contributed by atoms with Crippen LogP contribution in [-0.2, 0) is 0 Å². The zero-order valence-electron chi connectivity index (χ0n) is 15.6. The van der Waals surface area contributed by atoms with E-state index in [0.717, 1.165) is 33.6 Å². The summed E-state index contributed by atoms with van der Waals surface area (Å²) in [5.74, 6) is 0.710. The van der Waals surface area contributed by atoms with Crippen molar-refractivity contribution in [3.05, 3.63) is 103 Å². The molecule has 5 nitrogen and oxygen atoms in total. The number of nitrogens with one attached hydrogen (secondary N) is 1. The summed E-state index contributed by atoms with van der Waals surface area (Å²) >= 11 is 0. The van der Waals surface area contributed by atoms with E-state index in [-0.39, 0.29) is 0 Å². The van der Waals surface area contributed by atoms with Gasteiger partial charge in [0.15, 0.2) is 5.76 Å². The van der Waals surface area contributed by atoms with Crippen LogP contribution < -0.4 is 5.43 Å². The second kappa shape index (κ2) is 7.48. The van der Waals surface area contributed by atoms with Crippen molar-refractivity contribution in [3.63, 3.8) is 0 Å². The van der Waals surface area contributed by atoms with Gasteiger partial charge in [-0.25, -0.2) is 4.68 Å². The number of rotatable bonds is 5. The Kier molecular flexibility index (Phi) is 4.39. The molecule has 0 amide bonds. The summed E-state index contributed by atoms with van der Waals surface area (Å²) in [6, 6.07) is 29.8. The Morgan fingerprint density at radius 3 is 2.38 bits per heavy atom. The molecule has 0 aliphatic carbocycles. The summed E-state index contributed by atoms with van der Waals surface area (Å²) in [6.07, 6.45) is 3.72. The highest BCUT2D eigenvalue weighted by atomic mass is 16.3. The molecule has 0 atom stereocenters. The Morgan fingerprint density at radius 2 is 1.59 bits per heavy atom. The number of anilines is 1. The van der Waals surface area contributed by atoms with Gasteiger partial charge in [-0.3, -0.25) is 5.43 Å². The molecule has 0 saturated heterocycles. The van der Waals surface area contributed by atoms with Gasteiger partial charge >= 0.3 is 0 Å². The van der Waals surface area contributed by atoms with Crippen molar-refractivity contribution in [3.8, 4) is 17.1 Å². The summed E-state index contributed by atoms with van der Waals surface area (Å²) in [6.45, 7) is 0. The fourth-order valence-corrected chi connectivity index (χ4v) is 3.17. The number of para-hydroxylation sites is 3. The predicted octanol–water partition coefficient (Wildman–Crippen LogP) is 5.73. The third kappa shape index (κ3) is 3.53. The fourth-order valence-electron chi connectivity index (χ4n) is 3.17. The number of hydrogen-bond donors (Lipinski definition) is 1. The van der Waals surface area contributed by atoms with Crippen LogP contribution in [0, 0.1) is 0 Å². The van der Waals surface area contributed by atoms with Crippen molar-refractivity contribution in [1.82, 2.24) is 9.78 Å². The average Bonchev–Trinajstić information content (AvgIpc) is 3.39. The van der Waals surface area contributed by atoms with E-state index < -0.39 is 0 Å². The predicted molar refractivity (Wildman–Crippen MR) is 116 cm³/mol. The van der Waals surface area contributed by atoms with E-state index in [1.165, 1.54) is 0 Å². The number of hydrazone groups is 1. The van der Waals surface area contributed by atoms with Gasteiger partial charge in [-0.15, -0.1) is 0 Å². The van der Waals surface area contributed by atoms with Crippen LogP contribution in [0.25, 0.3) is 28.1 Å². The summed E-state index contributed by atoms with van der Waals surface area (Å²) in [5.41, 5.74) is 7.38.